The van der Waals surface area contributed by atoms with Crippen LogP contribution in [0.15, 0.2) is 47.7 Å². The largest absolute Gasteiger partial charge is 0.497 e. The van der Waals surface area contributed by atoms with E-state index in [9.17, 15) is 9.59 Å². The van der Waals surface area contributed by atoms with E-state index in [2.05, 4.69) is 16.0 Å². The highest BCUT2D eigenvalue weighted by Gasteiger charge is 2.32. The zero-order chi connectivity index (χ0) is 21.1. The predicted molar refractivity (Wildman–Crippen MR) is 112 cm³/mol. The zero-order valence-corrected chi connectivity index (χ0v) is 17.4. The third kappa shape index (κ3) is 4.41. The van der Waals surface area contributed by atoms with Crippen molar-refractivity contribution in [3.05, 3.63) is 63.3 Å². The first-order chi connectivity index (χ1) is 13.8. The molecule has 1 heterocycles. The molecule has 29 heavy (non-hydrogen) atoms. The van der Waals surface area contributed by atoms with Gasteiger partial charge in [-0.15, -0.1) is 0 Å². The summed E-state index contributed by atoms with van der Waals surface area (Å²) in [5, 5.41) is 8.97. The van der Waals surface area contributed by atoms with Gasteiger partial charge in [0.2, 0.25) is 0 Å². The minimum absolute atomic E-state index is 0.312. The van der Waals surface area contributed by atoms with Crippen molar-refractivity contribution < 1.29 is 19.1 Å². The molecule has 0 saturated heterocycles. The van der Waals surface area contributed by atoms with Crippen LogP contribution in [0.1, 0.15) is 18.5 Å². The molecule has 1 aliphatic rings. The molecule has 3 amide bonds. The van der Waals surface area contributed by atoms with E-state index in [1.165, 1.54) is 14.2 Å². The SMILES string of the molecule is COc1ccc(NC(=O)C2=C(C)NC(=O)N[C@H]2c2ccc(Cl)cc2Cl)c(OC)c1. The summed E-state index contributed by atoms with van der Waals surface area (Å²) in [7, 11) is 3.03. The average Bonchev–Trinajstić information content (AvgIpc) is 2.67. The molecule has 0 saturated carbocycles. The van der Waals surface area contributed by atoms with E-state index >= 15 is 0 Å². The first kappa shape index (κ1) is 20.8. The second-order valence-corrected chi connectivity index (χ2v) is 7.10. The smallest absolute Gasteiger partial charge is 0.319 e. The summed E-state index contributed by atoms with van der Waals surface area (Å²) in [4.78, 5) is 25.2. The Kier molecular flexibility index (Phi) is 6.20. The summed E-state index contributed by atoms with van der Waals surface area (Å²) in [6, 6.07) is 8.73. The number of carbonyl (C=O) groups excluding carboxylic acids is 2. The standard InChI is InChI=1S/C20H19Cl2N3O4/c1-10-17(19(26)24-15-7-5-12(28-2)9-16(15)29-3)18(25-20(27)23-10)13-6-4-11(21)8-14(13)22/h4-9,18H,1-3H3,(H,24,26)(H2,23,25,27)/t18-/m0/s1. The van der Waals surface area contributed by atoms with Crippen LogP contribution in [0.2, 0.25) is 10.0 Å². The summed E-state index contributed by atoms with van der Waals surface area (Å²) in [5.74, 6) is 0.604. The van der Waals surface area contributed by atoms with Gasteiger partial charge in [0.1, 0.15) is 11.5 Å². The van der Waals surface area contributed by atoms with Crippen molar-refractivity contribution in [1.29, 1.82) is 0 Å². The number of amides is 3. The van der Waals surface area contributed by atoms with E-state index < -0.39 is 18.0 Å². The second kappa shape index (κ2) is 8.63. The highest BCUT2D eigenvalue weighted by molar-refractivity contribution is 6.35. The van der Waals surface area contributed by atoms with Crippen molar-refractivity contribution in [3.63, 3.8) is 0 Å². The van der Waals surface area contributed by atoms with Crippen molar-refractivity contribution in [2.75, 3.05) is 19.5 Å². The number of anilines is 1. The Morgan fingerprint density at radius 2 is 1.86 bits per heavy atom. The summed E-state index contributed by atoms with van der Waals surface area (Å²) in [6.45, 7) is 1.65. The molecule has 3 rings (SSSR count). The minimum Gasteiger partial charge on any atom is -0.497 e. The molecule has 0 radical (unpaired) electrons. The lowest BCUT2D eigenvalue weighted by Crippen LogP contribution is -2.46. The number of benzene rings is 2. The third-order valence-electron chi connectivity index (χ3n) is 4.44. The third-order valence-corrected chi connectivity index (χ3v) is 5.01. The molecule has 0 unspecified atom stereocenters. The summed E-state index contributed by atoms with van der Waals surface area (Å²) < 4.78 is 10.5. The molecule has 9 heteroatoms. The first-order valence-corrected chi connectivity index (χ1v) is 9.36. The number of nitrogens with one attached hydrogen (secondary N) is 3. The maximum absolute atomic E-state index is 13.2. The fraction of sp³-hybridized carbons (Fsp3) is 0.200. The molecule has 0 aliphatic carbocycles. The number of hydrogen-bond donors (Lipinski definition) is 3. The van der Waals surface area contributed by atoms with Crippen molar-refractivity contribution in [2.45, 2.75) is 13.0 Å². The molecule has 2 aromatic rings. The Hall–Kier alpha value is -2.90. The Labute approximate surface area is 178 Å². The number of halogens is 2. The average molecular weight is 436 g/mol. The van der Waals surface area contributed by atoms with Gasteiger partial charge in [-0.25, -0.2) is 4.79 Å². The molecule has 0 bridgehead atoms. The van der Waals surface area contributed by atoms with Crippen LogP contribution in [-0.2, 0) is 4.79 Å². The molecule has 3 N–H and O–H groups in total. The van der Waals surface area contributed by atoms with Crippen molar-refractivity contribution in [3.8, 4) is 11.5 Å². The van der Waals surface area contributed by atoms with E-state index in [0.717, 1.165) is 0 Å². The summed E-state index contributed by atoms with van der Waals surface area (Å²) in [5.41, 5.74) is 1.73. The van der Waals surface area contributed by atoms with Crippen molar-refractivity contribution in [2.24, 2.45) is 0 Å². The Balaban J connectivity index is 1.98. The van der Waals surface area contributed by atoms with Gasteiger partial charge in [0.25, 0.3) is 5.91 Å². The van der Waals surface area contributed by atoms with Crippen LogP contribution < -0.4 is 25.4 Å². The number of urea groups is 1. The molecule has 0 aromatic heterocycles. The number of hydrogen-bond acceptors (Lipinski definition) is 4. The van der Waals surface area contributed by atoms with Crippen LogP contribution in [0.5, 0.6) is 11.5 Å². The lowest BCUT2D eigenvalue weighted by molar-refractivity contribution is -0.113. The monoisotopic (exact) mass is 435 g/mol. The minimum atomic E-state index is -0.752. The lowest BCUT2D eigenvalue weighted by atomic mass is 9.94. The van der Waals surface area contributed by atoms with Gasteiger partial charge >= 0.3 is 6.03 Å². The van der Waals surface area contributed by atoms with Gasteiger partial charge in [0.05, 0.1) is 31.5 Å². The van der Waals surface area contributed by atoms with E-state index in [0.29, 0.717) is 44.1 Å². The van der Waals surface area contributed by atoms with E-state index in [-0.39, 0.29) is 0 Å². The molecule has 1 atom stereocenters. The van der Waals surface area contributed by atoms with Crippen LogP contribution in [0.4, 0.5) is 10.5 Å². The predicted octanol–water partition coefficient (Wildman–Crippen LogP) is 4.28. The Morgan fingerprint density at radius 1 is 1.10 bits per heavy atom. The van der Waals surface area contributed by atoms with Crippen molar-refractivity contribution in [1.82, 2.24) is 10.6 Å². The van der Waals surface area contributed by atoms with Crippen LogP contribution in [0.3, 0.4) is 0 Å². The van der Waals surface area contributed by atoms with E-state index in [1.807, 2.05) is 0 Å². The molecule has 2 aromatic carbocycles. The maximum atomic E-state index is 13.2. The first-order valence-electron chi connectivity index (χ1n) is 8.60. The van der Waals surface area contributed by atoms with E-state index in [1.54, 1.807) is 43.3 Å². The number of allylic oxidation sites excluding steroid dienone is 1. The van der Waals surface area contributed by atoms with Gasteiger partial charge in [-0.3, -0.25) is 4.79 Å². The normalized spacial score (nSPS) is 16.0. The number of ether oxygens (including phenoxy) is 2. The van der Waals surface area contributed by atoms with Crippen molar-refractivity contribution >= 4 is 40.8 Å². The number of rotatable bonds is 5. The van der Waals surface area contributed by atoms with Gasteiger partial charge < -0.3 is 25.4 Å². The van der Waals surface area contributed by atoms with E-state index in [4.69, 9.17) is 32.7 Å². The number of carbonyl (C=O) groups is 2. The molecule has 1 aliphatic heterocycles. The number of methoxy groups -OCH3 is 2. The Bertz CT molecular complexity index is 1010. The maximum Gasteiger partial charge on any atom is 0.319 e. The Morgan fingerprint density at radius 3 is 2.52 bits per heavy atom. The molecule has 7 nitrogen and oxygen atoms in total. The zero-order valence-electron chi connectivity index (χ0n) is 15.9. The van der Waals surface area contributed by atoms with Crippen LogP contribution in [0.25, 0.3) is 0 Å². The fourth-order valence-electron chi connectivity index (χ4n) is 3.06. The van der Waals surface area contributed by atoms with Gasteiger partial charge in [-0.2, -0.15) is 0 Å². The lowest BCUT2D eigenvalue weighted by Gasteiger charge is -2.29. The summed E-state index contributed by atoms with van der Waals surface area (Å²) >= 11 is 12.3. The van der Waals surface area contributed by atoms with Gasteiger partial charge in [-0.05, 0) is 36.8 Å². The summed E-state index contributed by atoms with van der Waals surface area (Å²) in [6.07, 6.45) is 0. The van der Waals surface area contributed by atoms with Gasteiger partial charge in [0.15, 0.2) is 0 Å². The molecule has 0 fully saturated rings. The highest BCUT2D eigenvalue weighted by Crippen LogP contribution is 2.35. The molecular formula is C20H19Cl2N3O4. The molecular weight excluding hydrogens is 417 g/mol. The highest BCUT2D eigenvalue weighted by atomic mass is 35.5. The molecule has 152 valence electrons. The fourth-order valence-corrected chi connectivity index (χ4v) is 3.57. The van der Waals surface area contributed by atoms with Crippen LogP contribution >= 0.6 is 23.2 Å². The van der Waals surface area contributed by atoms with Crippen LogP contribution in [0, 0.1) is 0 Å². The quantitative estimate of drug-likeness (QED) is 0.653. The molecule has 0 spiro atoms. The van der Waals surface area contributed by atoms with Gasteiger partial charge in [-0.1, -0.05) is 29.3 Å². The van der Waals surface area contributed by atoms with Crippen LogP contribution in [-0.4, -0.2) is 26.2 Å². The second-order valence-electron chi connectivity index (χ2n) is 6.26. The topological polar surface area (TPSA) is 88.7 Å². The van der Waals surface area contributed by atoms with Gasteiger partial charge in [0, 0.05) is 21.8 Å².